The van der Waals surface area contributed by atoms with E-state index in [2.05, 4.69) is 10.3 Å². The van der Waals surface area contributed by atoms with Crippen molar-refractivity contribution in [3.05, 3.63) is 47.7 Å². The molecule has 1 aromatic carbocycles. The second-order valence-corrected chi connectivity index (χ2v) is 4.02. The van der Waals surface area contributed by atoms with Gasteiger partial charge in [0.05, 0.1) is 0 Å². The van der Waals surface area contributed by atoms with Crippen molar-refractivity contribution in [2.24, 2.45) is 0 Å². The number of fused-ring (bicyclic) bond motifs is 1. The van der Waals surface area contributed by atoms with Crippen LogP contribution in [0.15, 0.2) is 42.1 Å². The molecule has 0 spiro atoms. The van der Waals surface area contributed by atoms with Gasteiger partial charge in [-0.2, -0.15) is 0 Å². The number of amides is 2. The standard InChI is InChI=1S/C13H10N2O2/c16-12-6-8(13(17)15-12)5-9-7-14-11-4-2-1-3-10(9)11/h1-4,6-7,14H,5H2,(H,15,16,17). The van der Waals surface area contributed by atoms with Crippen molar-refractivity contribution in [2.45, 2.75) is 6.42 Å². The van der Waals surface area contributed by atoms with Gasteiger partial charge >= 0.3 is 0 Å². The van der Waals surface area contributed by atoms with Gasteiger partial charge in [-0.3, -0.25) is 14.9 Å². The zero-order valence-corrected chi connectivity index (χ0v) is 8.99. The first-order valence-electron chi connectivity index (χ1n) is 5.35. The summed E-state index contributed by atoms with van der Waals surface area (Å²) in [5, 5.41) is 3.33. The number of hydrogen-bond acceptors (Lipinski definition) is 2. The molecule has 2 heterocycles. The molecule has 0 saturated carbocycles. The lowest BCUT2D eigenvalue weighted by atomic mass is 10.0. The lowest BCUT2D eigenvalue weighted by molar-refractivity contribution is -0.123. The monoisotopic (exact) mass is 226 g/mol. The largest absolute Gasteiger partial charge is 0.361 e. The number of nitrogens with one attached hydrogen (secondary N) is 2. The Kier molecular flexibility index (Phi) is 2.08. The summed E-state index contributed by atoms with van der Waals surface area (Å²) in [7, 11) is 0. The van der Waals surface area contributed by atoms with E-state index in [0.717, 1.165) is 16.5 Å². The number of carbonyl (C=O) groups is 2. The van der Waals surface area contributed by atoms with Gasteiger partial charge in [-0.05, 0) is 11.6 Å². The fourth-order valence-corrected chi connectivity index (χ4v) is 2.07. The van der Waals surface area contributed by atoms with Crippen LogP contribution >= 0.6 is 0 Å². The Balaban J connectivity index is 1.98. The fraction of sp³-hybridized carbons (Fsp3) is 0.0769. The first kappa shape index (κ1) is 9.84. The Bertz CT molecular complexity index is 652. The Morgan fingerprint density at radius 2 is 1.94 bits per heavy atom. The average molecular weight is 226 g/mol. The van der Waals surface area contributed by atoms with Gasteiger partial charge in [-0.15, -0.1) is 0 Å². The Hall–Kier alpha value is -2.36. The molecule has 0 bridgehead atoms. The summed E-state index contributed by atoms with van der Waals surface area (Å²) in [6.45, 7) is 0. The number of aromatic nitrogens is 1. The minimum Gasteiger partial charge on any atom is -0.361 e. The minimum atomic E-state index is -0.329. The molecule has 0 saturated heterocycles. The number of aromatic amines is 1. The van der Waals surface area contributed by atoms with E-state index in [1.54, 1.807) is 0 Å². The van der Waals surface area contributed by atoms with Crippen molar-refractivity contribution in [1.29, 1.82) is 0 Å². The van der Waals surface area contributed by atoms with E-state index >= 15 is 0 Å². The summed E-state index contributed by atoms with van der Waals surface area (Å²) in [5.41, 5.74) is 2.57. The van der Waals surface area contributed by atoms with Gasteiger partial charge in [0.1, 0.15) is 0 Å². The van der Waals surface area contributed by atoms with Crippen LogP contribution in [0, 0.1) is 0 Å². The first-order valence-corrected chi connectivity index (χ1v) is 5.35. The van der Waals surface area contributed by atoms with Crippen molar-refractivity contribution in [2.75, 3.05) is 0 Å². The molecule has 0 fully saturated rings. The highest BCUT2D eigenvalue weighted by molar-refractivity contribution is 6.16. The van der Waals surface area contributed by atoms with Crippen LogP contribution in [0.4, 0.5) is 0 Å². The third-order valence-corrected chi connectivity index (χ3v) is 2.89. The lowest BCUT2D eigenvalue weighted by Crippen LogP contribution is -2.22. The summed E-state index contributed by atoms with van der Waals surface area (Å²) in [6.07, 6.45) is 3.72. The summed E-state index contributed by atoms with van der Waals surface area (Å²) < 4.78 is 0. The molecule has 1 aliphatic heterocycles. The SMILES string of the molecule is O=C1C=C(Cc2c[nH]c3ccccc23)C(=O)N1. The third-order valence-electron chi connectivity index (χ3n) is 2.89. The predicted molar refractivity (Wildman–Crippen MR) is 63.2 cm³/mol. The third kappa shape index (κ3) is 1.63. The van der Waals surface area contributed by atoms with Crippen LogP contribution in [0.25, 0.3) is 10.9 Å². The number of para-hydroxylation sites is 1. The minimum absolute atomic E-state index is 0.291. The van der Waals surface area contributed by atoms with Crippen molar-refractivity contribution in [3.8, 4) is 0 Å². The van der Waals surface area contributed by atoms with Crippen molar-refractivity contribution in [3.63, 3.8) is 0 Å². The zero-order chi connectivity index (χ0) is 11.8. The number of benzene rings is 1. The van der Waals surface area contributed by atoms with Crippen LogP contribution in [0.2, 0.25) is 0 Å². The molecule has 2 N–H and O–H groups in total. The van der Waals surface area contributed by atoms with Crippen molar-refractivity contribution in [1.82, 2.24) is 10.3 Å². The topological polar surface area (TPSA) is 62.0 Å². The molecule has 1 aromatic heterocycles. The Morgan fingerprint density at radius 1 is 1.12 bits per heavy atom. The maximum Gasteiger partial charge on any atom is 0.254 e. The molecule has 4 heteroatoms. The summed E-state index contributed by atoms with van der Waals surface area (Å²) in [4.78, 5) is 25.6. The number of imide groups is 1. The molecule has 0 unspecified atom stereocenters. The van der Waals surface area contributed by atoms with Gasteiger partial charge in [0.25, 0.3) is 11.8 Å². The van der Waals surface area contributed by atoms with E-state index in [-0.39, 0.29) is 11.8 Å². The van der Waals surface area contributed by atoms with Crippen LogP contribution in [0.5, 0.6) is 0 Å². The van der Waals surface area contributed by atoms with E-state index in [4.69, 9.17) is 0 Å². The number of rotatable bonds is 2. The highest BCUT2D eigenvalue weighted by Gasteiger charge is 2.21. The van der Waals surface area contributed by atoms with Crippen LogP contribution < -0.4 is 5.32 Å². The van der Waals surface area contributed by atoms with Crippen LogP contribution in [-0.2, 0) is 16.0 Å². The molecular formula is C13H10N2O2. The number of hydrogen-bond donors (Lipinski definition) is 2. The van der Waals surface area contributed by atoms with Gasteiger partial charge in [-0.25, -0.2) is 0 Å². The van der Waals surface area contributed by atoms with Gasteiger partial charge in [0, 0.05) is 35.2 Å². The van der Waals surface area contributed by atoms with Crippen LogP contribution in [0.1, 0.15) is 5.56 Å². The van der Waals surface area contributed by atoms with E-state index in [0.29, 0.717) is 12.0 Å². The molecule has 2 amide bonds. The smallest absolute Gasteiger partial charge is 0.254 e. The molecule has 0 atom stereocenters. The first-order chi connectivity index (χ1) is 8.24. The zero-order valence-electron chi connectivity index (χ0n) is 8.99. The van der Waals surface area contributed by atoms with Crippen molar-refractivity contribution >= 4 is 22.7 Å². The highest BCUT2D eigenvalue weighted by atomic mass is 16.2. The van der Waals surface area contributed by atoms with E-state index < -0.39 is 0 Å². The quantitative estimate of drug-likeness (QED) is 0.758. The molecule has 0 radical (unpaired) electrons. The molecular weight excluding hydrogens is 216 g/mol. The van der Waals surface area contributed by atoms with Crippen LogP contribution in [-0.4, -0.2) is 16.8 Å². The summed E-state index contributed by atoms with van der Waals surface area (Å²) in [5.74, 6) is -0.620. The highest BCUT2D eigenvalue weighted by Crippen LogP contribution is 2.21. The number of carbonyl (C=O) groups excluding carboxylic acids is 2. The summed E-state index contributed by atoms with van der Waals surface area (Å²) >= 11 is 0. The second-order valence-electron chi connectivity index (χ2n) is 4.02. The second kappa shape index (κ2) is 3.59. The molecule has 0 aliphatic carbocycles. The van der Waals surface area contributed by atoms with Gasteiger partial charge in [-0.1, -0.05) is 18.2 Å². The van der Waals surface area contributed by atoms with E-state index in [9.17, 15) is 9.59 Å². The maximum atomic E-state index is 11.4. The van der Waals surface area contributed by atoms with Crippen LogP contribution in [0.3, 0.4) is 0 Å². The fourth-order valence-electron chi connectivity index (χ4n) is 2.07. The lowest BCUT2D eigenvalue weighted by Gasteiger charge is -1.98. The van der Waals surface area contributed by atoms with Crippen molar-refractivity contribution < 1.29 is 9.59 Å². The van der Waals surface area contributed by atoms with Gasteiger partial charge in [0.2, 0.25) is 0 Å². The molecule has 2 aromatic rings. The molecule has 17 heavy (non-hydrogen) atoms. The van der Waals surface area contributed by atoms with E-state index in [1.807, 2.05) is 30.5 Å². The molecule has 4 nitrogen and oxygen atoms in total. The molecule has 84 valence electrons. The summed E-state index contributed by atoms with van der Waals surface area (Å²) in [6, 6.07) is 7.88. The van der Waals surface area contributed by atoms with Gasteiger partial charge < -0.3 is 4.98 Å². The Labute approximate surface area is 97.3 Å². The maximum absolute atomic E-state index is 11.4. The molecule has 1 aliphatic rings. The predicted octanol–water partition coefficient (Wildman–Crippen LogP) is 1.29. The van der Waals surface area contributed by atoms with E-state index in [1.165, 1.54) is 6.08 Å². The average Bonchev–Trinajstić information content (AvgIpc) is 2.85. The Morgan fingerprint density at radius 3 is 2.71 bits per heavy atom. The normalized spacial score (nSPS) is 15.2. The molecule has 3 rings (SSSR count). The number of H-pyrrole nitrogens is 1. The van der Waals surface area contributed by atoms with Gasteiger partial charge in [0.15, 0.2) is 0 Å².